The molecule has 0 aliphatic heterocycles. The molecule has 0 atom stereocenters. The maximum absolute atomic E-state index is 11.0. The van der Waals surface area contributed by atoms with E-state index in [1.807, 2.05) is 6.92 Å². The number of carbonyl (C=O) groups is 1. The number of rotatable bonds is 4. The molecule has 0 saturated carbocycles. The number of halogens is 1. The molecule has 0 aromatic heterocycles. The number of hydrogen-bond acceptors (Lipinski definition) is 4. The lowest BCUT2D eigenvalue weighted by molar-refractivity contribution is -0.145. The van der Waals surface area contributed by atoms with Gasteiger partial charge in [0.2, 0.25) is 0 Å². The average molecular weight is 246 g/mol. The van der Waals surface area contributed by atoms with Gasteiger partial charge >= 0.3 is 5.97 Å². The summed E-state index contributed by atoms with van der Waals surface area (Å²) in [5.41, 5.74) is 7.28. The summed E-state index contributed by atoms with van der Waals surface area (Å²) in [6.07, 6.45) is 0. The minimum Gasteiger partial charge on any atom is -0.482 e. The number of hydrogen-bond donors (Lipinski definition) is 1. The van der Waals surface area contributed by atoms with Crippen molar-refractivity contribution in [3.63, 3.8) is 0 Å². The Morgan fingerprint density at radius 2 is 2.12 bits per heavy atom. The number of benzene rings is 1. The third kappa shape index (κ3) is 4.40. The van der Waals surface area contributed by atoms with Gasteiger partial charge < -0.3 is 15.2 Å². The predicted molar refractivity (Wildman–Crippen MR) is 65.0 cm³/mol. The Bertz CT molecular complexity index is 355. The molecule has 0 bridgehead atoms. The van der Waals surface area contributed by atoms with Crippen molar-refractivity contribution in [3.05, 3.63) is 23.8 Å². The molecule has 0 radical (unpaired) electrons. The summed E-state index contributed by atoms with van der Waals surface area (Å²) in [5, 5.41) is 0. The van der Waals surface area contributed by atoms with Crippen LogP contribution in [0.2, 0.25) is 0 Å². The Kier molecular flexibility index (Phi) is 6.34. The molecule has 0 heterocycles. The van der Waals surface area contributed by atoms with Gasteiger partial charge in [-0.3, -0.25) is 0 Å². The second-order valence-electron chi connectivity index (χ2n) is 3.11. The van der Waals surface area contributed by atoms with Gasteiger partial charge in [-0.15, -0.1) is 12.4 Å². The molecule has 4 nitrogen and oxygen atoms in total. The molecule has 0 saturated heterocycles. The number of aryl methyl sites for hydroxylation is 1. The van der Waals surface area contributed by atoms with Crippen LogP contribution in [0.5, 0.6) is 5.75 Å². The van der Waals surface area contributed by atoms with Gasteiger partial charge in [0, 0.05) is 5.69 Å². The summed E-state index contributed by atoms with van der Waals surface area (Å²) in [6, 6.07) is 5.26. The van der Waals surface area contributed by atoms with Crippen molar-refractivity contribution in [3.8, 4) is 5.75 Å². The molecule has 0 spiro atoms. The highest BCUT2D eigenvalue weighted by molar-refractivity contribution is 5.85. The molecule has 0 aliphatic rings. The van der Waals surface area contributed by atoms with Gasteiger partial charge in [0.25, 0.3) is 0 Å². The van der Waals surface area contributed by atoms with Crippen molar-refractivity contribution >= 4 is 24.1 Å². The van der Waals surface area contributed by atoms with Crippen LogP contribution in [0.4, 0.5) is 5.69 Å². The van der Waals surface area contributed by atoms with E-state index in [1.54, 1.807) is 25.1 Å². The lowest BCUT2D eigenvalue weighted by Crippen LogP contribution is -2.14. The summed E-state index contributed by atoms with van der Waals surface area (Å²) in [5.74, 6) is 0.252. The van der Waals surface area contributed by atoms with Crippen LogP contribution < -0.4 is 10.5 Å². The molecule has 16 heavy (non-hydrogen) atoms. The smallest absolute Gasteiger partial charge is 0.344 e. The predicted octanol–water partition coefficient (Wildman–Crippen LogP) is 1.94. The Labute approximate surface area is 101 Å². The van der Waals surface area contributed by atoms with Gasteiger partial charge in [-0.1, -0.05) is 0 Å². The molecule has 0 fully saturated rings. The minimum absolute atomic E-state index is 0. The monoisotopic (exact) mass is 245 g/mol. The van der Waals surface area contributed by atoms with E-state index in [9.17, 15) is 4.79 Å². The Morgan fingerprint density at radius 1 is 1.44 bits per heavy atom. The van der Waals surface area contributed by atoms with E-state index in [1.165, 1.54) is 0 Å². The lowest BCUT2D eigenvalue weighted by atomic mass is 10.2. The van der Waals surface area contributed by atoms with Gasteiger partial charge in [-0.2, -0.15) is 0 Å². The molecular weight excluding hydrogens is 230 g/mol. The largest absolute Gasteiger partial charge is 0.482 e. The Balaban J connectivity index is 0.00000225. The summed E-state index contributed by atoms with van der Waals surface area (Å²) in [4.78, 5) is 11.0. The van der Waals surface area contributed by atoms with Gasteiger partial charge in [0.05, 0.1) is 6.61 Å². The number of nitrogen functional groups attached to an aromatic ring is 1. The van der Waals surface area contributed by atoms with E-state index in [4.69, 9.17) is 15.2 Å². The normalized spacial score (nSPS) is 9.12. The van der Waals surface area contributed by atoms with E-state index in [2.05, 4.69) is 0 Å². The molecular formula is C11H16ClNO3. The molecule has 1 aromatic rings. The molecule has 1 aromatic carbocycles. The van der Waals surface area contributed by atoms with Gasteiger partial charge in [-0.05, 0) is 37.6 Å². The standard InChI is InChI=1S/C11H15NO3.ClH/c1-3-14-11(13)7-15-9-4-5-10(12)8(2)6-9;/h4-6H,3,7,12H2,1-2H3;1H. The zero-order valence-electron chi connectivity index (χ0n) is 9.36. The Hall–Kier alpha value is -1.42. The van der Waals surface area contributed by atoms with E-state index in [0.29, 0.717) is 18.0 Å². The Morgan fingerprint density at radius 3 is 2.69 bits per heavy atom. The van der Waals surface area contributed by atoms with Crippen LogP contribution in [-0.2, 0) is 9.53 Å². The zero-order chi connectivity index (χ0) is 11.3. The van der Waals surface area contributed by atoms with Crippen LogP contribution in [0.3, 0.4) is 0 Å². The van der Waals surface area contributed by atoms with Crippen molar-refractivity contribution in [2.75, 3.05) is 18.9 Å². The number of esters is 1. The number of nitrogens with two attached hydrogens (primary N) is 1. The first kappa shape index (κ1) is 14.6. The first-order chi connectivity index (χ1) is 7.13. The highest BCUT2D eigenvalue weighted by atomic mass is 35.5. The fraction of sp³-hybridized carbons (Fsp3) is 0.364. The van der Waals surface area contributed by atoms with Crippen LogP contribution in [0, 0.1) is 6.92 Å². The van der Waals surface area contributed by atoms with Crippen LogP contribution in [-0.4, -0.2) is 19.2 Å². The first-order valence-corrected chi connectivity index (χ1v) is 4.78. The van der Waals surface area contributed by atoms with Crippen molar-refractivity contribution in [2.45, 2.75) is 13.8 Å². The summed E-state index contributed by atoms with van der Waals surface area (Å²) >= 11 is 0. The average Bonchev–Trinajstić information content (AvgIpc) is 2.20. The minimum atomic E-state index is -0.369. The zero-order valence-corrected chi connectivity index (χ0v) is 10.2. The van der Waals surface area contributed by atoms with Crippen LogP contribution in [0.15, 0.2) is 18.2 Å². The SMILES string of the molecule is CCOC(=O)COc1ccc(N)c(C)c1.Cl. The first-order valence-electron chi connectivity index (χ1n) is 4.78. The highest BCUT2D eigenvalue weighted by Gasteiger charge is 2.03. The van der Waals surface area contributed by atoms with Gasteiger partial charge in [0.1, 0.15) is 5.75 Å². The van der Waals surface area contributed by atoms with Crippen molar-refractivity contribution < 1.29 is 14.3 Å². The maximum Gasteiger partial charge on any atom is 0.344 e. The lowest BCUT2D eigenvalue weighted by Gasteiger charge is -2.07. The van der Waals surface area contributed by atoms with E-state index in [-0.39, 0.29) is 25.0 Å². The molecule has 0 amide bonds. The molecule has 0 aliphatic carbocycles. The van der Waals surface area contributed by atoms with Crippen molar-refractivity contribution in [1.82, 2.24) is 0 Å². The molecule has 1 rings (SSSR count). The van der Waals surface area contributed by atoms with Crippen LogP contribution >= 0.6 is 12.4 Å². The van der Waals surface area contributed by atoms with Gasteiger partial charge in [0.15, 0.2) is 6.61 Å². The number of anilines is 1. The molecule has 0 unspecified atom stereocenters. The van der Waals surface area contributed by atoms with Crippen LogP contribution in [0.25, 0.3) is 0 Å². The fourth-order valence-electron chi connectivity index (χ4n) is 1.08. The summed E-state index contributed by atoms with van der Waals surface area (Å²) in [6.45, 7) is 3.93. The van der Waals surface area contributed by atoms with E-state index >= 15 is 0 Å². The third-order valence-electron chi connectivity index (χ3n) is 1.90. The number of ether oxygens (including phenoxy) is 2. The topological polar surface area (TPSA) is 61.5 Å². The quantitative estimate of drug-likeness (QED) is 0.651. The van der Waals surface area contributed by atoms with Crippen molar-refractivity contribution in [2.24, 2.45) is 0 Å². The van der Waals surface area contributed by atoms with Gasteiger partial charge in [-0.25, -0.2) is 4.79 Å². The molecule has 5 heteroatoms. The number of carbonyl (C=O) groups excluding carboxylic acids is 1. The van der Waals surface area contributed by atoms with Crippen LogP contribution in [0.1, 0.15) is 12.5 Å². The van der Waals surface area contributed by atoms with E-state index in [0.717, 1.165) is 5.56 Å². The maximum atomic E-state index is 11.0. The molecule has 90 valence electrons. The van der Waals surface area contributed by atoms with E-state index < -0.39 is 0 Å². The summed E-state index contributed by atoms with van der Waals surface area (Å²) in [7, 11) is 0. The summed E-state index contributed by atoms with van der Waals surface area (Å²) < 4.78 is 9.96. The molecule has 2 N–H and O–H groups in total. The van der Waals surface area contributed by atoms with Crippen molar-refractivity contribution in [1.29, 1.82) is 0 Å². The highest BCUT2D eigenvalue weighted by Crippen LogP contribution is 2.18. The fourth-order valence-corrected chi connectivity index (χ4v) is 1.08. The second kappa shape index (κ2) is 6.95. The third-order valence-corrected chi connectivity index (χ3v) is 1.90. The second-order valence-corrected chi connectivity index (χ2v) is 3.11.